The molecular formula is C24H30N4O4. The van der Waals surface area contributed by atoms with E-state index in [4.69, 9.17) is 9.47 Å². The van der Waals surface area contributed by atoms with E-state index in [-0.39, 0.29) is 18.1 Å². The van der Waals surface area contributed by atoms with Crippen molar-refractivity contribution in [2.24, 2.45) is 0 Å². The van der Waals surface area contributed by atoms with Crippen molar-refractivity contribution in [1.29, 1.82) is 0 Å². The Morgan fingerprint density at radius 3 is 2.59 bits per heavy atom. The maximum absolute atomic E-state index is 13.1. The third-order valence-corrected chi connectivity index (χ3v) is 5.02. The van der Waals surface area contributed by atoms with Crippen LogP contribution in [0.25, 0.3) is 10.9 Å². The molecule has 2 N–H and O–H groups in total. The van der Waals surface area contributed by atoms with Gasteiger partial charge in [-0.25, -0.2) is 4.79 Å². The topological polar surface area (TPSA) is 86.9 Å². The summed E-state index contributed by atoms with van der Waals surface area (Å²) in [5.41, 5.74) is 1.57. The molecule has 8 heteroatoms. The molecule has 3 rings (SSSR count). The predicted octanol–water partition coefficient (Wildman–Crippen LogP) is 3.53. The van der Waals surface area contributed by atoms with Gasteiger partial charge in [-0.15, -0.1) is 0 Å². The summed E-state index contributed by atoms with van der Waals surface area (Å²) in [5.74, 6) is 1.30. The zero-order chi connectivity index (χ0) is 23.1. The van der Waals surface area contributed by atoms with Crippen molar-refractivity contribution < 1.29 is 14.3 Å². The first-order chi connectivity index (χ1) is 15.4. The normalized spacial score (nSPS) is 10.9. The minimum Gasteiger partial charge on any atom is -0.495 e. The highest BCUT2D eigenvalue weighted by Gasteiger charge is 2.18. The van der Waals surface area contributed by atoms with Crippen molar-refractivity contribution in [3.63, 3.8) is 0 Å². The first-order valence-electron chi connectivity index (χ1n) is 10.5. The predicted molar refractivity (Wildman–Crippen MR) is 127 cm³/mol. The summed E-state index contributed by atoms with van der Waals surface area (Å²) >= 11 is 0. The number of pyridine rings is 1. The van der Waals surface area contributed by atoms with E-state index in [1.807, 2.05) is 62.3 Å². The second-order valence-corrected chi connectivity index (χ2v) is 7.66. The lowest BCUT2D eigenvalue weighted by atomic mass is 10.1. The molecule has 0 aliphatic carbocycles. The molecule has 0 radical (unpaired) electrons. The average molecular weight is 439 g/mol. The number of aromatic amines is 1. The maximum atomic E-state index is 13.1. The lowest BCUT2D eigenvalue weighted by molar-refractivity contribution is 0.202. The van der Waals surface area contributed by atoms with E-state index < -0.39 is 0 Å². The van der Waals surface area contributed by atoms with E-state index in [1.54, 1.807) is 24.1 Å². The molecule has 0 fully saturated rings. The minimum atomic E-state index is -0.307. The molecule has 0 aliphatic heterocycles. The summed E-state index contributed by atoms with van der Waals surface area (Å²) in [4.78, 5) is 32.4. The Balaban J connectivity index is 1.88. The molecule has 0 aliphatic rings. The lowest BCUT2D eigenvalue weighted by Gasteiger charge is -2.25. The van der Waals surface area contributed by atoms with Crippen molar-refractivity contribution in [3.05, 3.63) is 64.4 Å². The molecule has 8 nitrogen and oxygen atoms in total. The number of nitrogens with zero attached hydrogens (tertiary/aromatic N) is 2. The van der Waals surface area contributed by atoms with Gasteiger partial charge in [0, 0.05) is 29.6 Å². The van der Waals surface area contributed by atoms with Gasteiger partial charge in [-0.1, -0.05) is 12.1 Å². The van der Waals surface area contributed by atoms with Gasteiger partial charge in [0.2, 0.25) is 0 Å². The number of carbonyl (C=O) groups excluding carboxylic acids is 1. The van der Waals surface area contributed by atoms with Gasteiger partial charge in [0.15, 0.2) is 0 Å². The maximum Gasteiger partial charge on any atom is 0.322 e. The number of amides is 2. The molecule has 2 amide bonds. The molecule has 32 heavy (non-hydrogen) atoms. The van der Waals surface area contributed by atoms with Gasteiger partial charge in [0.05, 0.1) is 25.9 Å². The minimum absolute atomic E-state index is 0.166. The van der Waals surface area contributed by atoms with Gasteiger partial charge >= 0.3 is 6.03 Å². The molecule has 2 aromatic carbocycles. The number of hydrogen-bond acceptors (Lipinski definition) is 5. The number of fused-ring (bicyclic) bond motifs is 1. The Morgan fingerprint density at radius 2 is 1.88 bits per heavy atom. The first-order valence-corrected chi connectivity index (χ1v) is 10.5. The Bertz CT molecular complexity index is 1130. The fourth-order valence-corrected chi connectivity index (χ4v) is 3.32. The Hall–Kier alpha value is -3.52. The number of likely N-dealkylation sites (N-methyl/N-ethyl adjacent to an activating group) is 1. The summed E-state index contributed by atoms with van der Waals surface area (Å²) in [5, 5.41) is 3.75. The van der Waals surface area contributed by atoms with Crippen LogP contribution in [-0.2, 0) is 6.54 Å². The van der Waals surface area contributed by atoms with E-state index >= 15 is 0 Å². The van der Waals surface area contributed by atoms with Crippen LogP contribution in [0, 0.1) is 0 Å². The summed E-state index contributed by atoms with van der Waals surface area (Å²) < 4.78 is 10.9. The number of nitrogens with one attached hydrogen (secondary N) is 2. The van der Waals surface area contributed by atoms with Crippen LogP contribution in [0.2, 0.25) is 0 Å². The summed E-state index contributed by atoms with van der Waals surface area (Å²) in [6.45, 7) is 3.75. The number of H-pyrrole nitrogens is 1. The average Bonchev–Trinajstić information content (AvgIpc) is 2.77. The largest absolute Gasteiger partial charge is 0.495 e. The number of rotatable bonds is 9. The zero-order valence-electron chi connectivity index (χ0n) is 19.0. The van der Waals surface area contributed by atoms with Crippen LogP contribution < -0.4 is 20.3 Å². The van der Waals surface area contributed by atoms with E-state index in [1.165, 1.54) is 0 Å². The molecule has 3 aromatic rings. The molecule has 1 aromatic heterocycles. The number of carbonyl (C=O) groups is 1. The monoisotopic (exact) mass is 438 g/mol. The number of ether oxygens (including phenoxy) is 2. The third kappa shape index (κ3) is 5.79. The van der Waals surface area contributed by atoms with Crippen LogP contribution >= 0.6 is 0 Å². The number of methoxy groups -OCH3 is 1. The van der Waals surface area contributed by atoms with Crippen molar-refractivity contribution in [2.45, 2.75) is 13.5 Å². The molecule has 0 bridgehead atoms. The number of urea groups is 1. The van der Waals surface area contributed by atoms with Crippen LogP contribution in [-0.4, -0.2) is 61.7 Å². The fraction of sp³-hybridized carbons (Fsp3) is 0.333. The molecule has 1 heterocycles. The Kier molecular flexibility index (Phi) is 7.72. The summed E-state index contributed by atoms with van der Waals surface area (Å²) in [7, 11) is 5.43. The quantitative estimate of drug-likeness (QED) is 0.534. The summed E-state index contributed by atoms with van der Waals surface area (Å²) in [6.07, 6.45) is 0. The first kappa shape index (κ1) is 23.1. The molecule has 0 atom stereocenters. The molecule has 0 spiro atoms. The van der Waals surface area contributed by atoms with Gasteiger partial charge in [-0.3, -0.25) is 4.79 Å². The van der Waals surface area contributed by atoms with Gasteiger partial charge < -0.3 is 29.6 Å². The van der Waals surface area contributed by atoms with E-state index in [2.05, 4.69) is 10.3 Å². The highest BCUT2D eigenvalue weighted by atomic mass is 16.5. The number of para-hydroxylation sites is 2. The van der Waals surface area contributed by atoms with Crippen LogP contribution in [0.15, 0.2) is 53.3 Å². The standard InChI is InChI=1S/C24H30N4O4/c1-5-32-19-10-11-20-17(15-19)14-18(23(29)25-20)16-28(13-12-27(2)3)24(30)26-21-8-6-7-9-22(21)31-4/h6-11,14-15H,5,12-13,16H2,1-4H3,(H,25,29)(H,26,30). The zero-order valence-corrected chi connectivity index (χ0v) is 19.0. The van der Waals surface area contributed by atoms with Gasteiger partial charge in [0.1, 0.15) is 11.5 Å². The highest BCUT2D eigenvalue weighted by Crippen LogP contribution is 2.24. The number of hydrogen-bond donors (Lipinski definition) is 2. The smallest absolute Gasteiger partial charge is 0.322 e. The van der Waals surface area contributed by atoms with E-state index in [0.29, 0.717) is 36.7 Å². The molecular weight excluding hydrogens is 408 g/mol. The number of aromatic nitrogens is 1. The van der Waals surface area contributed by atoms with Gasteiger partial charge in [-0.2, -0.15) is 0 Å². The van der Waals surface area contributed by atoms with Crippen molar-refractivity contribution in [1.82, 2.24) is 14.8 Å². The highest BCUT2D eigenvalue weighted by molar-refractivity contribution is 5.91. The second kappa shape index (κ2) is 10.7. The SMILES string of the molecule is CCOc1ccc2[nH]c(=O)c(CN(CCN(C)C)C(=O)Nc3ccccc3OC)cc2c1. The Morgan fingerprint density at radius 1 is 1.09 bits per heavy atom. The van der Waals surface area contributed by atoms with Crippen molar-refractivity contribution >= 4 is 22.6 Å². The van der Waals surface area contributed by atoms with E-state index in [9.17, 15) is 9.59 Å². The summed E-state index contributed by atoms with van der Waals surface area (Å²) in [6, 6.07) is 14.3. The van der Waals surface area contributed by atoms with Gasteiger partial charge in [0.25, 0.3) is 5.56 Å². The van der Waals surface area contributed by atoms with Crippen molar-refractivity contribution in [3.8, 4) is 11.5 Å². The number of benzene rings is 2. The molecule has 170 valence electrons. The van der Waals surface area contributed by atoms with E-state index in [0.717, 1.165) is 16.7 Å². The van der Waals surface area contributed by atoms with Crippen LogP contribution in [0.5, 0.6) is 11.5 Å². The fourth-order valence-electron chi connectivity index (χ4n) is 3.32. The number of anilines is 1. The molecule has 0 unspecified atom stereocenters. The van der Waals surface area contributed by atoms with Crippen LogP contribution in [0.4, 0.5) is 10.5 Å². The second-order valence-electron chi connectivity index (χ2n) is 7.66. The van der Waals surface area contributed by atoms with Crippen LogP contribution in [0.3, 0.4) is 0 Å². The van der Waals surface area contributed by atoms with Crippen LogP contribution in [0.1, 0.15) is 12.5 Å². The lowest BCUT2D eigenvalue weighted by Crippen LogP contribution is -2.40. The van der Waals surface area contributed by atoms with Crippen molar-refractivity contribution in [2.75, 3.05) is 46.2 Å². The molecule has 0 saturated carbocycles. The molecule has 0 saturated heterocycles. The third-order valence-electron chi connectivity index (χ3n) is 5.02. The Labute approximate surface area is 187 Å². The van der Waals surface area contributed by atoms with Gasteiger partial charge in [-0.05, 0) is 57.4 Å².